The van der Waals surface area contributed by atoms with Crippen molar-refractivity contribution in [2.75, 3.05) is 25.1 Å². The van der Waals surface area contributed by atoms with Crippen molar-refractivity contribution in [2.24, 2.45) is 0 Å². The summed E-state index contributed by atoms with van der Waals surface area (Å²) in [6, 6.07) is 9.02. The first-order chi connectivity index (χ1) is 13.3. The lowest BCUT2D eigenvalue weighted by Gasteiger charge is -2.30. The molecule has 146 valence electrons. The van der Waals surface area contributed by atoms with Gasteiger partial charge in [0.05, 0.1) is 20.7 Å². The van der Waals surface area contributed by atoms with Crippen LogP contribution in [0.4, 0.5) is 11.4 Å². The SMILES string of the molecule is CN(Cc1cccc(Cl)c1Cl)C(=O)CN1C(=O)COc2ccc([N+](=O)[O-])cc21. The topological polar surface area (TPSA) is 93.0 Å². The molecule has 10 heteroatoms. The Bertz CT molecular complexity index is 966. The number of nitrogens with zero attached hydrogens (tertiary/aromatic N) is 3. The summed E-state index contributed by atoms with van der Waals surface area (Å²) in [5.41, 5.74) is 0.649. The number of rotatable bonds is 5. The first-order valence-corrected chi connectivity index (χ1v) is 8.92. The minimum atomic E-state index is -0.577. The second-order valence-corrected chi connectivity index (χ2v) is 6.93. The Morgan fingerprint density at radius 1 is 1.32 bits per heavy atom. The monoisotopic (exact) mass is 423 g/mol. The van der Waals surface area contributed by atoms with Gasteiger partial charge in [-0.05, 0) is 17.7 Å². The quantitative estimate of drug-likeness (QED) is 0.543. The molecule has 3 rings (SSSR count). The van der Waals surface area contributed by atoms with E-state index in [0.717, 1.165) is 0 Å². The summed E-state index contributed by atoms with van der Waals surface area (Å²) in [5, 5.41) is 11.8. The second-order valence-electron chi connectivity index (χ2n) is 6.14. The minimum Gasteiger partial charge on any atom is -0.482 e. The number of benzene rings is 2. The van der Waals surface area contributed by atoms with E-state index in [2.05, 4.69) is 0 Å². The third kappa shape index (κ3) is 4.02. The molecule has 1 aliphatic rings. The van der Waals surface area contributed by atoms with Crippen LogP contribution in [0.15, 0.2) is 36.4 Å². The van der Waals surface area contributed by atoms with Gasteiger partial charge < -0.3 is 9.64 Å². The zero-order chi connectivity index (χ0) is 20.4. The van der Waals surface area contributed by atoms with Crippen molar-refractivity contribution in [3.63, 3.8) is 0 Å². The van der Waals surface area contributed by atoms with Crippen molar-refractivity contribution in [1.29, 1.82) is 0 Å². The number of hydrogen-bond acceptors (Lipinski definition) is 5. The van der Waals surface area contributed by atoms with Crippen molar-refractivity contribution < 1.29 is 19.2 Å². The Kier molecular flexibility index (Phi) is 5.71. The van der Waals surface area contributed by atoms with E-state index in [-0.39, 0.29) is 37.0 Å². The maximum Gasteiger partial charge on any atom is 0.271 e. The van der Waals surface area contributed by atoms with Gasteiger partial charge in [0.25, 0.3) is 11.6 Å². The Labute approximate surface area is 170 Å². The van der Waals surface area contributed by atoms with Crippen molar-refractivity contribution in [2.45, 2.75) is 6.54 Å². The Morgan fingerprint density at radius 3 is 2.79 bits per heavy atom. The van der Waals surface area contributed by atoms with Crippen molar-refractivity contribution in [3.05, 3.63) is 62.1 Å². The molecule has 0 aliphatic carbocycles. The number of non-ortho nitro benzene ring substituents is 1. The Balaban J connectivity index is 1.80. The standard InChI is InChI=1S/C18H15Cl2N3O5/c1-21(8-11-3-2-4-13(19)18(11)20)16(24)9-22-14-7-12(23(26)27)5-6-15(14)28-10-17(22)25/h2-7H,8-10H2,1H3. The maximum absolute atomic E-state index is 12.7. The van der Waals surface area contributed by atoms with Crippen LogP contribution < -0.4 is 9.64 Å². The molecule has 0 saturated carbocycles. The number of anilines is 1. The van der Waals surface area contributed by atoms with Gasteiger partial charge >= 0.3 is 0 Å². The van der Waals surface area contributed by atoms with E-state index in [1.807, 2.05) is 0 Å². The van der Waals surface area contributed by atoms with Crippen LogP contribution in [0, 0.1) is 10.1 Å². The number of ether oxygens (including phenoxy) is 1. The van der Waals surface area contributed by atoms with Crippen LogP contribution >= 0.6 is 23.2 Å². The molecule has 0 atom stereocenters. The molecule has 0 N–H and O–H groups in total. The molecule has 1 heterocycles. The van der Waals surface area contributed by atoms with Crippen molar-refractivity contribution >= 4 is 46.4 Å². The maximum atomic E-state index is 12.7. The van der Waals surface area contributed by atoms with Crippen molar-refractivity contribution in [3.8, 4) is 5.75 Å². The summed E-state index contributed by atoms with van der Waals surface area (Å²) in [6.45, 7) is -0.342. The number of hydrogen-bond donors (Lipinski definition) is 0. The fourth-order valence-electron chi connectivity index (χ4n) is 2.75. The molecule has 2 amide bonds. The number of fused-ring (bicyclic) bond motifs is 1. The third-order valence-corrected chi connectivity index (χ3v) is 5.11. The van der Waals surface area contributed by atoms with Gasteiger partial charge in [-0.1, -0.05) is 35.3 Å². The predicted molar refractivity (Wildman–Crippen MR) is 104 cm³/mol. The molecular formula is C18H15Cl2N3O5. The Hall–Kier alpha value is -2.84. The van der Waals surface area contributed by atoms with E-state index in [1.54, 1.807) is 25.2 Å². The summed E-state index contributed by atoms with van der Waals surface area (Å²) in [6.07, 6.45) is 0. The zero-order valence-electron chi connectivity index (χ0n) is 14.7. The lowest BCUT2D eigenvalue weighted by molar-refractivity contribution is -0.384. The van der Waals surface area contributed by atoms with Crippen LogP contribution in [0.2, 0.25) is 10.0 Å². The van der Waals surface area contributed by atoms with Gasteiger partial charge in [-0.25, -0.2) is 0 Å². The van der Waals surface area contributed by atoms with Crippen LogP contribution in [-0.2, 0) is 16.1 Å². The Morgan fingerprint density at radius 2 is 2.07 bits per heavy atom. The molecule has 0 saturated heterocycles. The number of likely N-dealkylation sites (N-methyl/N-ethyl adjacent to an activating group) is 1. The number of amides is 2. The molecular weight excluding hydrogens is 409 g/mol. The van der Waals surface area contributed by atoms with Gasteiger partial charge in [0.2, 0.25) is 5.91 Å². The number of nitro groups is 1. The van der Waals surface area contributed by atoms with E-state index in [1.165, 1.54) is 28.0 Å². The predicted octanol–water partition coefficient (Wildman–Crippen LogP) is 3.29. The highest BCUT2D eigenvalue weighted by atomic mass is 35.5. The highest BCUT2D eigenvalue weighted by Crippen LogP contribution is 2.35. The molecule has 0 spiro atoms. The van der Waals surface area contributed by atoms with Crippen LogP contribution in [0.3, 0.4) is 0 Å². The third-order valence-electron chi connectivity index (χ3n) is 4.25. The fraction of sp³-hybridized carbons (Fsp3) is 0.222. The van der Waals surface area contributed by atoms with Gasteiger partial charge in [-0.2, -0.15) is 0 Å². The molecule has 2 aromatic carbocycles. The lowest BCUT2D eigenvalue weighted by atomic mass is 10.2. The molecule has 0 radical (unpaired) electrons. The van der Waals surface area contributed by atoms with E-state index < -0.39 is 10.8 Å². The number of nitro benzene ring substituents is 1. The van der Waals surface area contributed by atoms with Crippen LogP contribution in [0.1, 0.15) is 5.56 Å². The summed E-state index contributed by atoms with van der Waals surface area (Å²) in [5.74, 6) is -0.530. The largest absolute Gasteiger partial charge is 0.482 e. The molecule has 0 unspecified atom stereocenters. The first-order valence-electron chi connectivity index (χ1n) is 8.16. The summed E-state index contributed by atoms with van der Waals surface area (Å²) >= 11 is 12.1. The van der Waals surface area contributed by atoms with E-state index in [9.17, 15) is 19.7 Å². The first kappa shape index (κ1) is 19.9. The van der Waals surface area contributed by atoms with Gasteiger partial charge in [0.1, 0.15) is 12.3 Å². The van der Waals surface area contributed by atoms with E-state index >= 15 is 0 Å². The molecule has 0 aromatic heterocycles. The van der Waals surface area contributed by atoms with Crippen LogP contribution in [0.25, 0.3) is 0 Å². The zero-order valence-corrected chi connectivity index (χ0v) is 16.2. The lowest BCUT2D eigenvalue weighted by Crippen LogP contribution is -2.45. The number of carbonyl (C=O) groups excluding carboxylic acids is 2. The van der Waals surface area contributed by atoms with Gasteiger partial charge in [-0.15, -0.1) is 0 Å². The molecule has 1 aliphatic heterocycles. The molecule has 2 aromatic rings. The smallest absolute Gasteiger partial charge is 0.271 e. The van der Waals surface area contributed by atoms with Crippen LogP contribution in [0.5, 0.6) is 5.75 Å². The summed E-state index contributed by atoms with van der Waals surface area (Å²) < 4.78 is 5.30. The minimum absolute atomic E-state index is 0.188. The summed E-state index contributed by atoms with van der Waals surface area (Å²) in [7, 11) is 1.57. The average molecular weight is 424 g/mol. The van der Waals surface area contributed by atoms with Gasteiger partial charge in [0.15, 0.2) is 6.61 Å². The highest BCUT2D eigenvalue weighted by molar-refractivity contribution is 6.42. The highest BCUT2D eigenvalue weighted by Gasteiger charge is 2.30. The van der Waals surface area contributed by atoms with Gasteiger partial charge in [0, 0.05) is 25.7 Å². The number of carbonyl (C=O) groups is 2. The van der Waals surface area contributed by atoms with E-state index in [4.69, 9.17) is 27.9 Å². The molecule has 0 bridgehead atoms. The van der Waals surface area contributed by atoms with Crippen LogP contribution in [-0.4, -0.2) is 41.8 Å². The molecule has 0 fully saturated rings. The normalized spacial score (nSPS) is 13.0. The molecule has 28 heavy (non-hydrogen) atoms. The number of halogens is 2. The van der Waals surface area contributed by atoms with Crippen molar-refractivity contribution in [1.82, 2.24) is 4.90 Å². The second kappa shape index (κ2) is 8.04. The fourth-order valence-corrected chi connectivity index (χ4v) is 3.13. The van der Waals surface area contributed by atoms with E-state index in [0.29, 0.717) is 21.4 Å². The summed E-state index contributed by atoms with van der Waals surface area (Å²) in [4.78, 5) is 38.0. The average Bonchev–Trinajstić information content (AvgIpc) is 2.67. The van der Waals surface area contributed by atoms with Gasteiger partial charge in [-0.3, -0.25) is 24.6 Å². The molecule has 8 nitrogen and oxygen atoms in total.